The van der Waals surface area contributed by atoms with Gasteiger partial charge in [0.1, 0.15) is 33.5 Å². The molecule has 0 radical (unpaired) electrons. The number of β-lactam (4-membered cyclic amide) rings is 1. The van der Waals surface area contributed by atoms with E-state index in [1.807, 2.05) is 6.92 Å². The minimum Gasteiger partial charge on any atom is -0.477 e. The highest BCUT2D eigenvalue weighted by Gasteiger charge is 2.54. The van der Waals surface area contributed by atoms with E-state index in [1.54, 1.807) is 47.9 Å². The number of nitrogens with one attached hydrogen (secondary N) is 2. The Balaban J connectivity index is 1.42. The van der Waals surface area contributed by atoms with E-state index in [-0.39, 0.29) is 11.3 Å². The van der Waals surface area contributed by atoms with Crippen LogP contribution in [0.15, 0.2) is 62.4 Å². The fourth-order valence-corrected chi connectivity index (χ4v) is 7.61. The number of halogens is 1. The van der Waals surface area contributed by atoms with Crippen molar-refractivity contribution in [2.24, 2.45) is 0 Å². The van der Waals surface area contributed by atoms with Gasteiger partial charge in [0.2, 0.25) is 11.3 Å². The molecule has 1 aromatic carbocycles. The lowest BCUT2D eigenvalue weighted by atomic mass is 10.0. The summed E-state index contributed by atoms with van der Waals surface area (Å²) in [6.07, 6.45) is 1.48. The van der Waals surface area contributed by atoms with Crippen molar-refractivity contribution in [3.8, 4) is 0 Å². The molecule has 5 rings (SSSR count). The summed E-state index contributed by atoms with van der Waals surface area (Å²) in [5.41, 5.74) is 0.408. The molecule has 1 fully saturated rings. The number of aryl methyl sites for hydroxylation is 1. The summed E-state index contributed by atoms with van der Waals surface area (Å²) >= 11 is 6.14. The van der Waals surface area contributed by atoms with E-state index in [1.165, 1.54) is 34.2 Å². The molecule has 2 aliphatic rings. The maximum Gasteiger partial charge on any atom is 0.352 e. The van der Waals surface area contributed by atoms with Crippen LogP contribution in [0.3, 0.4) is 0 Å². The van der Waals surface area contributed by atoms with E-state index in [0.29, 0.717) is 28.8 Å². The normalized spacial score (nSPS) is 19.4. The second kappa shape index (κ2) is 10.6. The average molecular weight is 632 g/mol. The quantitative estimate of drug-likeness (QED) is 0.341. The van der Waals surface area contributed by atoms with Gasteiger partial charge in [-0.3, -0.25) is 24.1 Å². The summed E-state index contributed by atoms with van der Waals surface area (Å²) in [4.78, 5) is 66.7. The number of thioether (sulfide) groups is 1. The Labute approximate surface area is 239 Å². The van der Waals surface area contributed by atoms with Crippen LogP contribution in [0.5, 0.6) is 0 Å². The number of amides is 3. The Hall–Kier alpha value is -3.42. The minimum absolute atomic E-state index is 0.0650. The zero-order valence-corrected chi connectivity index (χ0v) is 24.0. The number of thiophene rings is 1. The third-order valence-corrected chi connectivity index (χ3v) is 9.73. The summed E-state index contributed by atoms with van der Waals surface area (Å²) in [5, 5.41) is 14.8. The third-order valence-electron chi connectivity index (χ3n) is 6.63. The number of nitrogens with zero attached hydrogens (tertiary/aromatic N) is 2. The van der Waals surface area contributed by atoms with Crippen molar-refractivity contribution < 1.29 is 24.3 Å². The molecule has 39 heavy (non-hydrogen) atoms. The van der Waals surface area contributed by atoms with Crippen molar-refractivity contribution >= 4 is 72.9 Å². The van der Waals surface area contributed by atoms with Gasteiger partial charge in [0.05, 0.1) is 9.17 Å². The number of carboxylic acids is 1. The van der Waals surface area contributed by atoms with Crippen LogP contribution >= 0.6 is 39.0 Å². The van der Waals surface area contributed by atoms with Crippen molar-refractivity contribution in [1.29, 1.82) is 0 Å². The molecule has 0 saturated carbocycles. The zero-order chi connectivity index (χ0) is 28.0. The largest absolute Gasteiger partial charge is 0.477 e. The standard InChI is InChI=1S/C26H23BrN4O6S2/c1-3-30-10-15(20(32)14-9-16(27)39-24(14)30)21(33)28-17(13-7-5-4-6-8-13)22(34)29-18-23(35)31-19(26(36)37)12(2)11-38-25(18)31/h4-10,17-18,25H,3,11H2,1-2H3,(H,28,33)(H,29,34)(H,36,37)/t17?,18?,25-/m1/s1. The Kier molecular flexibility index (Phi) is 7.40. The summed E-state index contributed by atoms with van der Waals surface area (Å²) in [5.74, 6) is -2.69. The molecule has 13 heteroatoms. The number of hydrogen-bond acceptors (Lipinski definition) is 7. The molecule has 2 aromatic heterocycles. The van der Waals surface area contributed by atoms with Crippen LogP contribution in [0.25, 0.3) is 10.2 Å². The predicted octanol–water partition coefficient (Wildman–Crippen LogP) is 3.08. The predicted molar refractivity (Wildman–Crippen MR) is 151 cm³/mol. The highest BCUT2D eigenvalue weighted by molar-refractivity contribution is 9.11. The number of carbonyl (C=O) groups is 4. The average Bonchev–Trinajstić information content (AvgIpc) is 3.32. The third kappa shape index (κ3) is 4.79. The summed E-state index contributed by atoms with van der Waals surface area (Å²) < 4.78 is 2.56. The molecule has 3 atom stereocenters. The molecule has 3 amide bonds. The fraction of sp³-hybridized carbons (Fsp3) is 0.269. The minimum atomic E-state index is -1.20. The molecular weight excluding hydrogens is 608 g/mol. The highest BCUT2D eigenvalue weighted by Crippen LogP contribution is 2.40. The second-order valence-electron chi connectivity index (χ2n) is 9.07. The summed E-state index contributed by atoms with van der Waals surface area (Å²) in [7, 11) is 0. The Morgan fingerprint density at radius 1 is 1.21 bits per heavy atom. The van der Waals surface area contributed by atoms with Gasteiger partial charge in [-0.2, -0.15) is 0 Å². The molecule has 0 spiro atoms. The van der Waals surface area contributed by atoms with Gasteiger partial charge in [-0.1, -0.05) is 30.3 Å². The second-order valence-corrected chi connectivity index (χ2v) is 12.6. The number of aliphatic carboxylic acids is 1. The maximum absolute atomic E-state index is 13.5. The maximum atomic E-state index is 13.5. The van der Waals surface area contributed by atoms with E-state index < -0.39 is 46.6 Å². The van der Waals surface area contributed by atoms with Crippen LogP contribution in [0.1, 0.15) is 35.8 Å². The SMILES string of the molecule is CCn1cc(C(=O)NC(C(=O)NC2C(=O)N3C(C(=O)O)=C(C)CS[C@H]23)c2ccccc2)c(=O)c2cc(Br)sc21. The van der Waals surface area contributed by atoms with Crippen LogP contribution in [0.4, 0.5) is 0 Å². The smallest absolute Gasteiger partial charge is 0.352 e. The van der Waals surface area contributed by atoms with Crippen LogP contribution in [-0.4, -0.2) is 55.4 Å². The van der Waals surface area contributed by atoms with E-state index in [2.05, 4.69) is 26.6 Å². The van der Waals surface area contributed by atoms with Gasteiger partial charge in [-0.05, 0) is 47.0 Å². The monoisotopic (exact) mass is 630 g/mol. The number of rotatable bonds is 7. The van der Waals surface area contributed by atoms with Gasteiger partial charge in [-0.25, -0.2) is 4.79 Å². The van der Waals surface area contributed by atoms with Gasteiger partial charge < -0.3 is 20.3 Å². The lowest BCUT2D eigenvalue weighted by Gasteiger charge is -2.49. The number of carbonyl (C=O) groups excluding carboxylic acids is 3. The molecule has 3 N–H and O–H groups in total. The van der Waals surface area contributed by atoms with E-state index >= 15 is 0 Å². The van der Waals surface area contributed by atoms with Crippen LogP contribution in [0.2, 0.25) is 0 Å². The van der Waals surface area contributed by atoms with Crippen molar-refractivity contribution in [2.75, 3.05) is 5.75 Å². The van der Waals surface area contributed by atoms with Gasteiger partial charge >= 0.3 is 5.97 Å². The topological polar surface area (TPSA) is 138 Å². The first-order valence-corrected chi connectivity index (χ1v) is 14.6. The molecule has 202 valence electrons. The fourth-order valence-electron chi connectivity index (χ4n) is 4.71. The van der Waals surface area contributed by atoms with Crippen LogP contribution in [0, 0.1) is 0 Å². The number of fused-ring (bicyclic) bond motifs is 2. The van der Waals surface area contributed by atoms with Gasteiger partial charge in [-0.15, -0.1) is 23.1 Å². The number of pyridine rings is 1. The lowest BCUT2D eigenvalue weighted by molar-refractivity contribution is -0.151. The first kappa shape index (κ1) is 27.2. The Bertz CT molecular complexity index is 1620. The lowest BCUT2D eigenvalue weighted by Crippen LogP contribution is -2.71. The van der Waals surface area contributed by atoms with Gasteiger partial charge in [0.15, 0.2) is 0 Å². The van der Waals surface area contributed by atoms with E-state index in [4.69, 9.17) is 0 Å². The zero-order valence-electron chi connectivity index (χ0n) is 20.8. The van der Waals surface area contributed by atoms with Gasteiger partial charge in [0, 0.05) is 18.5 Å². The first-order chi connectivity index (χ1) is 18.6. The van der Waals surface area contributed by atoms with Gasteiger partial charge in [0.25, 0.3) is 11.8 Å². The number of carboxylic acid groups (broad SMARTS) is 1. The van der Waals surface area contributed by atoms with Crippen molar-refractivity contribution in [3.05, 3.63) is 79.0 Å². The van der Waals surface area contributed by atoms with Crippen molar-refractivity contribution in [3.63, 3.8) is 0 Å². The van der Waals surface area contributed by atoms with Crippen molar-refractivity contribution in [1.82, 2.24) is 20.1 Å². The molecule has 1 saturated heterocycles. The number of hydrogen-bond donors (Lipinski definition) is 3. The summed E-state index contributed by atoms with van der Waals surface area (Å²) in [6.45, 7) is 4.08. The molecule has 3 aromatic rings. The van der Waals surface area contributed by atoms with Crippen LogP contribution < -0.4 is 16.1 Å². The van der Waals surface area contributed by atoms with Crippen LogP contribution in [-0.2, 0) is 20.9 Å². The van der Waals surface area contributed by atoms with E-state index in [0.717, 1.165) is 8.62 Å². The molecule has 0 bridgehead atoms. The Morgan fingerprint density at radius 3 is 2.59 bits per heavy atom. The molecular formula is C26H23BrN4O6S2. The Morgan fingerprint density at radius 2 is 1.92 bits per heavy atom. The highest BCUT2D eigenvalue weighted by atomic mass is 79.9. The summed E-state index contributed by atoms with van der Waals surface area (Å²) in [6, 6.07) is 8.01. The molecule has 2 aliphatic heterocycles. The molecule has 4 heterocycles. The molecule has 0 aliphatic carbocycles. The molecule has 10 nitrogen and oxygen atoms in total. The van der Waals surface area contributed by atoms with Crippen molar-refractivity contribution in [2.45, 2.75) is 37.8 Å². The number of aromatic nitrogens is 1. The van der Waals surface area contributed by atoms with E-state index in [9.17, 15) is 29.1 Å². The number of benzene rings is 1. The first-order valence-electron chi connectivity index (χ1n) is 12.0. The molecule has 2 unspecified atom stereocenters.